The number of benzene rings is 2. The van der Waals surface area contributed by atoms with Crippen molar-refractivity contribution in [2.45, 2.75) is 32.7 Å². The molecule has 1 N–H and O–H groups in total. The molecule has 2 aliphatic rings. The van der Waals surface area contributed by atoms with Gasteiger partial charge in [-0.05, 0) is 61.0 Å². The largest absolute Gasteiger partial charge is 0.378 e. The number of rotatable bonds is 5. The second-order valence-corrected chi connectivity index (χ2v) is 10.2. The van der Waals surface area contributed by atoms with Gasteiger partial charge < -0.3 is 14.5 Å². The molecule has 0 amide bonds. The Hall–Kier alpha value is -4.05. The Balaban J connectivity index is 1.32. The fourth-order valence-corrected chi connectivity index (χ4v) is 5.50. The zero-order valence-electron chi connectivity index (χ0n) is 21.5. The number of carbonyl (C=O) groups is 1. The molecule has 37 heavy (non-hydrogen) atoms. The van der Waals surface area contributed by atoms with Crippen LogP contribution in [0.5, 0.6) is 0 Å². The predicted octanol–water partition coefficient (Wildman–Crippen LogP) is 3.32. The van der Waals surface area contributed by atoms with E-state index in [9.17, 15) is 4.79 Å². The molecule has 2 aromatic carbocycles. The Bertz CT molecular complexity index is 1530. The lowest BCUT2D eigenvalue weighted by Gasteiger charge is -2.37. The topological polar surface area (TPSA) is 105 Å². The molecule has 0 atom stereocenters. The van der Waals surface area contributed by atoms with E-state index in [1.807, 2.05) is 44.9 Å². The first-order valence-electron chi connectivity index (χ1n) is 12.5. The Kier molecular flexibility index (Phi) is 5.56. The molecule has 2 aliphatic heterocycles. The van der Waals surface area contributed by atoms with Crippen LogP contribution in [-0.4, -0.2) is 69.5 Å². The third kappa shape index (κ3) is 3.88. The fraction of sp³-hybridized carbons (Fsp3) is 0.370. The molecule has 2 aromatic heterocycles. The molecule has 4 heterocycles. The minimum absolute atomic E-state index is 0.0502. The van der Waals surface area contributed by atoms with Gasteiger partial charge in [0.1, 0.15) is 0 Å². The third-order valence-corrected chi connectivity index (χ3v) is 7.53. The van der Waals surface area contributed by atoms with Crippen LogP contribution in [0.3, 0.4) is 0 Å². The van der Waals surface area contributed by atoms with E-state index in [4.69, 9.17) is 4.74 Å². The summed E-state index contributed by atoms with van der Waals surface area (Å²) in [6, 6.07) is 14.5. The first kappa shape index (κ1) is 23.4. The Morgan fingerprint density at radius 1 is 1.14 bits per heavy atom. The number of hydrogen-bond acceptors (Lipinski definition) is 8. The molecule has 0 aliphatic carbocycles. The summed E-state index contributed by atoms with van der Waals surface area (Å²) in [5.74, 6) is 0.678. The number of Topliss-reactive ketones (excluding diaryl/α,β-unsaturated/α-hetero) is 1. The van der Waals surface area contributed by atoms with E-state index in [1.54, 1.807) is 4.68 Å². The van der Waals surface area contributed by atoms with Crippen LogP contribution in [0.25, 0.3) is 22.2 Å². The van der Waals surface area contributed by atoms with Crippen molar-refractivity contribution in [3.63, 3.8) is 0 Å². The average molecular weight is 499 g/mol. The summed E-state index contributed by atoms with van der Waals surface area (Å²) in [4.78, 5) is 17.9. The number of fused-ring (bicyclic) bond motifs is 2. The lowest BCUT2D eigenvalue weighted by atomic mass is 9.85. The van der Waals surface area contributed by atoms with Gasteiger partial charge in [0, 0.05) is 54.5 Å². The minimum Gasteiger partial charge on any atom is -0.378 e. The molecule has 0 spiro atoms. The fourth-order valence-electron chi connectivity index (χ4n) is 5.50. The highest BCUT2D eigenvalue weighted by molar-refractivity contribution is 6.01. The molecule has 0 saturated carbocycles. The lowest BCUT2D eigenvalue weighted by Crippen LogP contribution is -2.43. The van der Waals surface area contributed by atoms with Crippen molar-refractivity contribution < 1.29 is 9.53 Å². The Morgan fingerprint density at radius 3 is 2.76 bits per heavy atom. The lowest BCUT2D eigenvalue weighted by molar-refractivity contribution is -0.116. The SMILES string of the molecule is CC1=C(C(=O)Cc2ccc3[nH]nc(-c4cccc(N5CCOCC5)c4)c3c2)C(C)(C)n2nnnc2N1C. The number of ether oxygens (including phenoxy) is 1. The highest BCUT2D eigenvalue weighted by Gasteiger charge is 2.41. The number of aromatic nitrogens is 6. The van der Waals surface area contributed by atoms with Crippen LogP contribution in [0.1, 0.15) is 26.3 Å². The number of allylic oxidation sites excluding steroid dienone is 2. The summed E-state index contributed by atoms with van der Waals surface area (Å²) < 4.78 is 7.22. The number of nitrogens with zero attached hydrogens (tertiary/aromatic N) is 7. The van der Waals surface area contributed by atoms with Crippen LogP contribution in [-0.2, 0) is 21.5 Å². The smallest absolute Gasteiger partial charge is 0.250 e. The summed E-state index contributed by atoms with van der Waals surface area (Å²) >= 11 is 0. The van der Waals surface area contributed by atoms with Gasteiger partial charge in [0.2, 0.25) is 5.95 Å². The summed E-state index contributed by atoms with van der Waals surface area (Å²) in [5.41, 5.74) is 5.88. The Morgan fingerprint density at radius 2 is 1.95 bits per heavy atom. The molecular formula is C27H30N8O2. The van der Waals surface area contributed by atoms with Gasteiger partial charge in [0.15, 0.2) is 5.78 Å². The molecule has 1 saturated heterocycles. The van der Waals surface area contributed by atoms with E-state index >= 15 is 0 Å². The first-order chi connectivity index (χ1) is 17.8. The number of ketones is 1. The van der Waals surface area contributed by atoms with Gasteiger partial charge in [-0.1, -0.05) is 23.3 Å². The van der Waals surface area contributed by atoms with Crippen molar-refractivity contribution in [1.82, 2.24) is 30.4 Å². The number of hydrogen-bond donors (Lipinski definition) is 1. The van der Waals surface area contributed by atoms with E-state index in [1.165, 1.54) is 0 Å². The molecule has 0 radical (unpaired) electrons. The van der Waals surface area contributed by atoms with Gasteiger partial charge in [-0.15, -0.1) is 0 Å². The summed E-state index contributed by atoms with van der Waals surface area (Å²) in [6.07, 6.45) is 0.274. The molecule has 10 nitrogen and oxygen atoms in total. The van der Waals surface area contributed by atoms with E-state index in [2.05, 4.69) is 61.0 Å². The van der Waals surface area contributed by atoms with Crippen molar-refractivity contribution in [3.05, 3.63) is 59.3 Å². The highest BCUT2D eigenvalue weighted by atomic mass is 16.5. The van der Waals surface area contributed by atoms with Crippen molar-refractivity contribution in [3.8, 4) is 11.3 Å². The van der Waals surface area contributed by atoms with E-state index in [-0.39, 0.29) is 12.2 Å². The standard InChI is InChI=1S/C27H30N8O2/c1-17-24(27(2,3)35-26(33(17)4)30-31-32-35)23(36)15-18-8-9-22-21(14-18)25(29-28-22)19-6-5-7-20(16-19)34-10-12-37-13-11-34/h5-9,14,16H,10-13,15H2,1-4H3,(H,28,29). The van der Waals surface area contributed by atoms with Crippen LogP contribution in [0.15, 0.2) is 53.7 Å². The first-order valence-corrected chi connectivity index (χ1v) is 12.5. The van der Waals surface area contributed by atoms with Crippen LogP contribution in [0.2, 0.25) is 0 Å². The zero-order valence-corrected chi connectivity index (χ0v) is 21.5. The van der Waals surface area contributed by atoms with Gasteiger partial charge in [0.25, 0.3) is 0 Å². The number of H-pyrrole nitrogens is 1. The zero-order chi connectivity index (χ0) is 25.7. The van der Waals surface area contributed by atoms with Crippen LogP contribution in [0.4, 0.5) is 11.6 Å². The quantitative estimate of drug-likeness (QED) is 0.447. The molecule has 0 unspecified atom stereocenters. The van der Waals surface area contributed by atoms with Gasteiger partial charge in [-0.3, -0.25) is 9.89 Å². The van der Waals surface area contributed by atoms with Crippen molar-refractivity contribution in [2.24, 2.45) is 0 Å². The molecule has 10 heteroatoms. The molecule has 1 fully saturated rings. The van der Waals surface area contributed by atoms with Gasteiger partial charge in [-0.2, -0.15) is 5.10 Å². The number of tetrazole rings is 1. The monoisotopic (exact) mass is 498 g/mol. The van der Waals surface area contributed by atoms with E-state index < -0.39 is 5.54 Å². The number of anilines is 2. The molecule has 6 rings (SSSR count). The average Bonchev–Trinajstić information content (AvgIpc) is 3.56. The number of aromatic amines is 1. The van der Waals surface area contributed by atoms with Gasteiger partial charge in [0.05, 0.1) is 30.0 Å². The normalized spacial score (nSPS) is 17.4. The number of carbonyl (C=O) groups excluding carboxylic acids is 1. The number of nitrogens with one attached hydrogen (secondary N) is 1. The minimum atomic E-state index is -0.655. The van der Waals surface area contributed by atoms with Gasteiger partial charge in [-0.25, -0.2) is 4.68 Å². The maximum absolute atomic E-state index is 13.7. The van der Waals surface area contributed by atoms with E-state index in [0.717, 1.165) is 65.4 Å². The third-order valence-electron chi connectivity index (χ3n) is 7.53. The number of morpholine rings is 1. The molecule has 0 bridgehead atoms. The predicted molar refractivity (Wildman–Crippen MR) is 142 cm³/mol. The van der Waals surface area contributed by atoms with Crippen LogP contribution < -0.4 is 9.80 Å². The molecule has 4 aromatic rings. The van der Waals surface area contributed by atoms with E-state index in [0.29, 0.717) is 11.5 Å². The van der Waals surface area contributed by atoms with Crippen molar-refractivity contribution in [2.75, 3.05) is 43.2 Å². The van der Waals surface area contributed by atoms with Crippen molar-refractivity contribution >= 4 is 28.3 Å². The maximum Gasteiger partial charge on any atom is 0.250 e. The van der Waals surface area contributed by atoms with Crippen molar-refractivity contribution in [1.29, 1.82) is 0 Å². The summed E-state index contributed by atoms with van der Waals surface area (Å²) in [7, 11) is 1.88. The maximum atomic E-state index is 13.7. The molecule has 190 valence electrons. The highest BCUT2D eigenvalue weighted by Crippen LogP contribution is 2.38. The second kappa shape index (κ2) is 8.81. The second-order valence-electron chi connectivity index (χ2n) is 10.2. The summed E-state index contributed by atoms with van der Waals surface area (Å²) in [6.45, 7) is 9.15. The van der Waals surface area contributed by atoms with Gasteiger partial charge >= 0.3 is 0 Å². The van der Waals surface area contributed by atoms with Crippen LogP contribution >= 0.6 is 0 Å². The Labute approximate surface area is 214 Å². The summed E-state index contributed by atoms with van der Waals surface area (Å²) in [5, 5.41) is 20.9. The molecular weight excluding hydrogens is 468 g/mol. The van der Waals surface area contributed by atoms with Crippen LogP contribution in [0, 0.1) is 0 Å².